The summed E-state index contributed by atoms with van der Waals surface area (Å²) in [4.78, 5) is 11.9. The first-order valence-electron chi connectivity index (χ1n) is 6.54. The third-order valence-corrected chi connectivity index (χ3v) is 2.83. The third kappa shape index (κ3) is 4.11. The van der Waals surface area contributed by atoms with Crippen LogP contribution in [0.5, 0.6) is 11.5 Å². The molecule has 0 aliphatic rings. The fourth-order valence-electron chi connectivity index (χ4n) is 1.85. The lowest BCUT2D eigenvalue weighted by Crippen LogP contribution is -2.17. The number of ether oxygens (including phenoxy) is 2. The summed E-state index contributed by atoms with van der Waals surface area (Å²) in [7, 11) is 1.54. The van der Waals surface area contributed by atoms with Gasteiger partial charge in [-0.2, -0.15) is 0 Å². The molecule has 0 bridgehead atoms. The minimum Gasteiger partial charge on any atom is -0.493 e. The fourth-order valence-corrected chi connectivity index (χ4v) is 1.85. The molecule has 0 saturated heterocycles. The van der Waals surface area contributed by atoms with Crippen molar-refractivity contribution >= 4 is 11.8 Å². The molecule has 0 radical (unpaired) electrons. The van der Waals surface area contributed by atoms with Crippen molar-refractivity contribution in [1.29, 1.82) is 0 Å². The van der Waals surface area contributed by atoms with Crippen LogP contribution in [0.2, 0.25) is 0 Å². The molecule has 0 atom stereocenters. The molecule has 4 heteroatoms. The summed E-state index contributed by atoms with van der Waals surface area (Å²) < 4.78 is 10.5. The Labute approximate surface area is 124 Å². The Morgan fingerprint density at radius 3 is 2.62 bits per heavy atom. The molecule has 0 unspecified atom stereocenters. The van der Waals surface area contributed by atoms with E-state index in [4.69, 9.17) is 9.47 Å². The van der Waals surface area contributed by atoms with Gasteiger partial charge in [0.1, 0.15) is 0 Å². The van der Waals surface area contributed by atoms with Crippen molar-refractivity contribution in [2.24, 2.45) is 0 Å². The van der Waals surface area contributed by atoms with E-state index in [1.807, 2.05) is 30.3 Å². The number of nitrogens with one attached hydrogen (secondary N) is 1. The fraction of sp³-hybridized carbons (Fsp3) is 0.118. The molecule has 0 saturated carbocycles. The van der Waals surface area contributed by atoms with Gasteiger partial charge in [-0.3, -0.25) is 5.32 Å². The molecular formula is C17H17NO3. The Morgan fingerprint density at radius 1 is 1.19 bits per heavy atom. The lowest BCUT2D eigenvalue weighted by molar-refractivity contribution is 0.213. The Kier molecular flexibility index (Phi) is 4.99. The van der Waals surface area contributed by atoms with E-state index in [9.17, 15) is 4.79 Å². The first-order valence-corrected chi connectivity index (χ1v) is 6.54. The predicted octanol–water partition coefficient (Wildman–Crippen LogP) is 4.03. The van der Waals surface area contributed by atoms with Gasteiger partial charge in [0.15, 0.2) is 11.5 Å². The molecular weight excluding hydrogens is 266 g/mol. The number of anilines is 1. The van der Waals surface area contributed by atoms with Gasteiger partial charge in [-0.1, -0.05) is 30.3 Å². The highest BCUT2D eigenvalue weighted by atomic mass is 16.6. The van der Waals surface area contributed by atoms with Crippen LogP contribution in [0.4, 0.5) is 10.5 Å². The zero-order valence-corrected chi connectivity index (χ0v) is 11.8. The predicted molar refractivity (Wildman–Crippen MR) is 83.0 cm³/mol. The molecule has 2 aromatic carbocycles. The smallest absolute Gasteiger partial charge is 0.417 e. The zero-order valence-electron chi connectivity index (χ0n) is 11.8. The number of benzene rings is 2. The summed E-state index contributed by atoms with van der Waals surface area (Å²) in [6, 6.07) is 14.5. The number of methoxy groups -OCH3 is 1. The Balaban J connectivity index is 2.08. The van der Waals surface area contributed by atoms with Crippen molar-refractivity contribution in [1.82, 2.24) is 0 Å². The maximum absolute atomic E-state index is 11.9. The quantitative estimate of drug-likeness (QED) is 0.843. The topological polar surface area (TPSA) is 47.6 Å². The van der Waals surface area contributed by atoms with Crippen molar-refractivity contribution < 1.29 is 14.3 Å². The summed E-state index contributed by atoms with van der Waals surface area (Å²) in [5.41, 5.74) is 1.71. The Hall–Kier alpha value is -2.75. The second kappa shape index (κ2) is 7.14. The van der Waals surface area contributed by atoms with E-state index in [0.29, 0.717) is 17.2 Å². The molecule has 108 valence electrons. The summed E-state index contributed by atoms with van der Waals surface area (Å²) in [6.07, 6.45) is 1.97. The summed E-state index contributed by atoms with van der Waals surface area (Å²) in [5, 5.41) is 2.65. The SMILES string of the molecule is C=CCc1ccc(OC(=O)Nc2ccccc2)c(OC)c1. The second-order valence-electron chi connectivity index (χ2n) is 4.36. The molecule has 2 aromatic rings. The number of carbonyl (C=O) groups is 1. The molecule has 0 aliphatic heterocycles. The first kappa shape index (κ1) is 14.7. The van der Waals surface area contributed by atoms with Crippen LogP contribution in [0.15, 0.2) is 61.2 Å². The van der Waals surface area contributed by atoms with E-state index in [1.165, 1.54) is 7.11 Å². The van der Waals surface area contributed by atoms with E-state index in [-0.39, 0.29) is 0 Å². The molecule has 4 nitrogen and oxygen atoms in total. The highest BCUT2D eigenvalue weighted by Crippen LogP contribution is 2.28. The molecule has 0 spiro atoms. The summed E-state index contributed by atoms with van der Waals surface area (Å²) >= 11 is 0. The number of rotatable bonds is 5. The van der Waals surface area contributed by atoms with Crippen LogP contribution in [0.1, 0.15) is 5.56 Å². The second-order valence-corrected chi connectivity index (χ2v) is 4.36. The number of carbonyl (C=O) groups excluding carboxylic acids is 1. The van der Waals surface area contributed by atoms with E-state index >= 15 is 0 Å². The van der Waals surface area contributed by atoms with Crippen LogP contribution in [0.3, 0.4) is 0 Å². The van der Waals surface area contributed by atoms with Gasteiger partial charge in [0.05, 0.1) is 7.11 Å². The van der Waals surface area contributed by atoms with Gasteiger partial charge in [0.25, 0.3) is 0 Å². The standard InChI is InChI=1S/C17H17NO3/c1-3-7-13-10-11-15(16(12-13)20-2)21-17(19)18-14-8-5-4-6-9-14/h3-6,8-12H,1,7H2,2H3,(H,18,19). The van der Waals surface area contributed by atoms with Crippen LogP contribution >= 0.6 is 0 Å². The molecule has 0 aliphatic carbocycles. The number of amides is 1. The molecule has 21 heavy (non-hydrogen) atoms. The van der Waals surface area contributed by atoms with Gasteiger partial charge in [0, 0.05) is 5.69 Å². The largest absolute Gasteiger partial charge is 0.493 e. The number of hydrogen-bond acceptors (Lipinski definition) is 3. The highest BCUT2D eigenvalue weighted by Gasteiger charge is 2.10. The van der Waals surface area contributed by atoms with E-state index in [1.54, 1.807) is 24.3 Å². The monoisotopic (exact) mass is 283 g/mol. The van der Waals surface area contributed by atoms with Crippen LogP contribution in [0.25, 0.3) is 0 Å². The molecule has 0 aromatic heterocycles. The zero-order chi connectivity index (χ0) is 15.1. The minimum absolute atomic E-state index is 0.374. The summed E-state index contributed by atoms with van der Waals surface area (Å²) in [5.74, 6) is 0.885. The average Bonchev–Trinajstić information content (AvgIpc) is 2.50. The van der Waals surface area contributed by atoms with Crippen molar-refractivity contribution in [3.05, 3.63) is 66.7 Å². The lowest BCUT2D eigenvalue weighted by atomic mass is 10.1. The maximum atomic E-state index is 11.9. The number of para-hydroxylation sites is 1. The normalized spacial score (nSPS) is 9.76. The van der Waals surface area contributed by atoms with Gasteiger partial charge in [0.2, 0.25) is 0 Å². The number of hydrogen-bond donors (Lipinski definition) is 1. The van der Waals surface area contributed by atoms with Crippen molar-refractivity contribution in [3.63, 3.8) is 0 Å². The van der Waals surface area contributed by atoms with E-state index in [0.717, 1.165) is 12.0 Å². The number of allylic oxidation sites excluding steroid dienone is 1. The average molecular weight is 283 g/mol. The minimum atomic E-state index is -0.559. The third-order valence-electron chi connectivity index (χ3n) is 2.83. The van der Waals surface area contributed by atoms with E-state index in [2.05, 4.69) is 11.9 Å². The van der Waals surface area contributed by atoms with Gasteiger partial charge < -0.3 is 9.47 Å². The molecule has 2 rings (SSSR count). The molecule has 1 N–H and O–H groups in total. The van der Waals surface area contributed by atoms with Gasteiger partial charge >= 0.3 is 6.09 Å². The van der Waals surface area contributed by atoms with Gasteiger partial charge in [-0.25, -0.2) is 4.79 Å². The van der Waals surface area contributed by atoms with Crippen molar-refractivity contribution in [2.75, 3.05) is 12.4 Å². The van der Waals surface area contributed by atoms with Crippen LogP contribution in [0, 0.1) is 0 Å². The molecule has 1 amide bonds. The Morgan fingerprint density at radius 2 is 1.95 bits per heavy atom. The molecule has 0 heterocycles. The maximum Gasteiger partial charge on any atom is 0.417 e. The van der Waals surface area contributed by atoms with Gasteiger partial charge in [-0.05, 0) is 36.2 Å². The van der Waals surface area contributed by atoms with Crippen molar-refractivity contribution in [3.8, 4) is 11.5 Å². The van der Waals surface area contributed by atoms with Gasteiger partial charge in [-0.15, -0.1) is 6.58 Å². The lowest BCUT2D eigenvalue weighted by Gasteiger charge is -2.11. The highest BCUT2D eigenvalue weighted by molar-refractivity contribution is 5.86. The summed E-state index contributed by atoms with van der Waals surface area (Å²) in [6.45, 7) is 3.69. The van der Waals surface area contributed by atoms with Crippen LogP contribution in [-0.2, 0) is 6.42 Å². The van der Waals surface area contributed by atoms with Crippen LogP contribution < -0.4 is 14.8 Å². The molecule has 0 fully saturated rings. The van der Waals surface area contributed by atoms with Crippen molar-refractivity contribution in [2.45, 2.75) is 6.42 Å². The Bertz CT molecular complexity index is 623. The van der Waals surface area contributed by atoms with Crippen LogP contribution in [-0.4, -0.2) is 13.2 Å². The first-order chi connectivity index (χ1) is 10.2. The van der Waals surface area contributed by atoms with E-state index < -0.39 is 6.09 Å².